The second-order valence-corrected chi connectivity index (χ2v) is 5.49. The van der Waals surface area contributed by atoms with Crippen molar-refractivity contribution < 1.29 is 14.7 Å². The molecule has 2 rings (SSSR count). The van der Waals surface area contributed by atoms with Crippen molar-refractivity contribution in [2.75, 3.05) is 19.6 Å². The van der Waals surface area contributed by atoms with Gasteiger partial charge in [0.15, 0.2) is 0 Å². The predicted octanol–water partition coefficient (Wildman–Crippen LogP) is 0.842. The standard InChI is InChI=1S/C13H22N2O3/c1-2-5-13(12(17)18)6-8-15(9-13)11(16)10-4-3-7-14-10/h10,14H,2-9H2,1H3,(H,17,18)/t10-,13?/m1/s1. The summed E-state index contributed by atoms with van der Waals surface area (Å²) in [4.78, 5) is 25.4. The van der Waals surface area contributed by atoms with Crippen LogP contribution in [0.2, 0.25) is 0 Å². The zero-order valence-corrected chi connectivity index (χ0v) is 10.9. The van der Waals surface area contributed by atoms with Gasteiger partial charge in [0.25, 0.3) is 0 Å². The Bertz CT molecular complexity index is 339. The molecule has 18 heavy (non-hydrogen) atoms. The number of rotatable bonds is 4. The molecule has 0 saturated carbocycles. The maximum atomic E-state index is 12.2. The van der Waals surface area contributed by atoms with Crippen LogP contribution in [0.25, 0.3) is 0 Å². The van der Waals surface area contributed by atoms with E-state index in [0.717, 1.165) is 25.8 Å². The molecular weight excluding hydrogens is 232 g/mol. The number of nitrogens with zero attached hydrogens (tertiary/aromatic N) is 1. The molecule has 102 valence electrons. The molecule has 1 unspecified atom stereocenters. The van der Waals surface area contributed by atoms with Crippen molar-refractivity contribution in [1.29, 1.82) is 0 Å². The number of carbonyl (C=O) groups excluding carboxylic acids is 1. The van der Waals surface area contributed by atoms with E-state index in [-0.39, 0.29) is 11.9 Å². The molecule has 2 heterocycles. The average Bonchev–Trinajstić information content (AvgIpc) is 2.98. The van der Waals surface area contributed by atoms with E-state index in [1.54, 1.807) is 4.90 Å². The van der Waals surface area contributed by atoms with Crippen molar-refractivity contribution in [3.05, 3.63) is 0 Å². The third-order valence-electron chi connectivity index (χ3n) is 4.21. The normalized spacial score (nSPS) is 31.8. The van der Waals surface area contributed by atoms with Crippen molar-refractivity contribution in [3.63, 3.8) is 0 Å². The first-order valence-electron chi connectivity index (χ1n) is 6.84. The molecule has 0 aliphatic carbocycles. The van der Waals surface area contributed by atoms with Crippen LogP contribution in [-0.2, 0) is 9.59 Å². The Labute approximate surface area is 108 Å². The van der Waals surface area contributed by atoms with E-state index in [2.05, 4.69) is 5.32 Å². The molecule has 0 radical (unpaired) electrons. The minimum Gasteiger partial charge on any atom is -0.481 e. The first kappa shape index (κ1) is 13.3. The largest absolute Gasteiger partial charge is 0.481 e. The van der Waals surface area contributed by atoms with Gasteiger partial charge < -0.3 is 15.3 Å². The van der Waals surface area contributed by atoms with Gasteiger partial charge in [0, 0.05) is 13.1 Å². The molecule has 2 saturated heterocycles. The Morgan fingerprint density at radius 3 is 2.83 bits per heavy atom. The Balaban J connectivity index is 2.01. The van der Waals surface area contributed by atoms with Crippen LogP contribution in [0.4, 0.5) is 0 Å². The highest BCUT2D eigenvalue weighted by Crippen LogP contribution is 2.36. The van der Waals surface area contributed by atoms with Gasteiger partial charge in [-0.25, -0.2) is 0 Å². The van der Waals surface area contributed by atoms with E-state index in [9.17, 15) is 14.7 Å². The first-order chi connectivity index (χ1) is 8.59. The highest BCUT2D eigenvalue weighted by molar-refractivity contribution is 5.84. The summed E-state index contributed by atoms with van der Waals surface area (Å²) in [5, 5.41) is 12.6. The summed E-state index contributed by atoms with van der Waals surface area (Å²) in [5.74, 6) is -0.661. The van der Waals surface area contributed by atoms with E-state index in [1.165, 1.54) is 0 Å². The number of hydrogen-bond acceptors (Lipinski definition) is 3. The van der Waals surface area contributed by atoms with Crippen LogP contribution in [0.1, 0.15) is 39.0 Å². The van der Waals surface area contributed by atoms with Crippen LogP contribution >= 0.6 is 0 Å². The van der Waals surface area contributed by atoms with Gasteiger partial charge in [-0.3, -0.25) is 9.59 Å². The Hall–Kier alpha value is -1.10. The number of nitrogens with one attached hydrogen (secondary N) is 1. The quantitative estimate of drug-likeness (QED) is 0.780. The van der Waals surface area contributed by atoms with Crippen LogP contribution in [0.3, 0.4) is 0 Å². The van der Waals surface area contributed by atoms with E-state index >= 15 is 0 Å². The van der Waals surface area contributed by atoms with Gasteiger partial charge in [-0.15, -0.1) is 0 Å². The lowest BCUT2D eigenvalue weighted by molar-refractivity contribution is -0.149. The summed E-state index contributed by atoms with van der Waals surface area (Å²) in [5.41, 5.74) is -0.705. The molecule has 0 aromatic heterocycles. The van der Waals surface area contributed by atoms with Crippen molar-refractivity contribution in [2.45, 2.75) is 45.1 Å². The molecule has 0 aromatic carbocycles. The molecule has 0 spiro atoms. The molecule has 2 aliphatic heterocycles. The predicted molar refractivity (Wildman–Crippen MR) is 67.2 cm³/mol. The molecule has 2 atom stereocenters. The topological polar surface area (TPSA) is 69.6 Å². The summed E-state index contributed by atoms with van der Waals surface area (Å²) in [6.45, 7) is 3.85. The third kappa shape index (κ3) is 2.36. The zero-order chi connectivity index (χ0) is 13.2. The zero-order valence-electron chi connectivity index (χ0n) is 10.9. The molecule has 0 aromatic rings. The first-order valence-corrected chi connectivity index (χ1v) is 6.84. The summed E-state index contributed by atoms with van der Waals surface area (Å²) in [6, 6.07) is -0.0868. The average molecular weight is 254 g/mol. The van der Waals surface area contributed by atoms with Gasteiger partial charge in [-0.1, -0.05) is 13.3 Å². The molecule has 2 fully saturated rings. The molecule has 5 nitrogen and oxygen atoms in total. The van der Waals surface area contributed by atoms with Crippen molar-refractivity contribution in [1.82, 2.24) is 10.2 Å². The van der Waals surface area contributed by atoms with Crippen molar-refractivity contribution in [2.24, 2.45) is 5.41 Å². The summed E-state index contributed by atoms with van der Waals surface area (Å²) in [7, 11) is 0. The summed E-state index contributed by atoms with van der Waals surface area (Å²) < 4.78 is 0. The fourth-order valence-corrected chi connectivity index (χ4v) is 3.14. The minimum atomic E-state index is -0.751. The van der Waals surface area contributed by atoms with Crippen LogP contribution in [0.15, 0.2) is 0 Å². The molecule has 5 heteroatoms. The fraction of sp³-hybridized carbons (Fsp3) is 0.846. The number of carboxylic acid groups (broad SMARTS) is 1. The van der Waals surface area contributed by atoms with E-state index in [0.29, 0.717) is 25.9 Å². The molecule has 2 N–H and O–H groups in total. The Kier molecular flexibility index (Phi) is 3.90. The smallest absolute Gasteiger partial charge is 0.311 e. The van der Waals surface area contributed by atoms with E-state index < -0.39 is 11.4 Å². The lowest BCUT2D eigenvalue weighted by Crippen LogP contribution is -2.44. The molecular formula is C13H22N2O3. The second kappa shape index (κ2) is 5.26. The van der Waals surface area contributed by atoms with Gasteiger partial charge in [-0.05, 0) is 32.2 Å². The maximum absolute atomic E-state index is 12.2. The van der Waals surface area contributed by atoms with Crippen LogP contribution in [0.5, 0.6) is 0 Å². The van der Waals surface area contributed by atoms with Gasteiger partial charge in [-0.2, -0.15) is 0 Å². The maximum Gasteiger partial charge on any atom is 0.311 e. The fourth-order valence-electron chi connectivity index (χ4n) is 3.14. The van der Waals surface area contributed by atoms with Crippen LogP contribution in [-0.4, -0.2) is 47.6 Å². The van der Waals surface area contributed by atoms with Crippen LogP contribution < -0.4 is 5.32 Å². The Morgan fingerprint density at radius 1 is 1.50 bits per heavy atom. The van der Waals surface area contributed by atoms with E-state index in [1.807, 2.05) is 6.92 Å². The molecule has 0 bridgehead atoms. The Morgan fingerprint density at radius 2 is 2.28 bits per heavy atom. The van der Waals surface area contributed by atoms with Gasteiger partial charge in [0.05, 0.1) is 11.5 Å². The third-order valence-corrected chi connectivity index (χ3v) is 4.21. The SMILES string of the molecule is CCCC1(C(=O)O)CCN(C(=O)[C@H]2CCCN2)C1. The molecule has 1 amide bonds. The monoisotopic (exact) mass is 254 g/mol. The number of amides is 1. The number of carbonyl (C=O) groups is 2. The number of hydrogen-bond donors (Lipinski definition) is 2. The number of carboxylic acids is 1. The van der Waals surface area contributed by atoms with Crippen molar-refractivity contribution in [3.8, 4) is 0 Å². The molecule has 2 aliphatic rings. The van der Waals surface area contributed by atoms with E-state index in [4.69, 9.17) is 0 Å². The lowest BCUT2D eigenvalue weighted by atomic mass is 9.83. The lowest BCUT2D eigenvalue weighted by Gasteiger charge is -2.25. The van der Waals surface area contributed by atoms with Crippen LogP contribution in [0, 0.1) is 5.41 Å². The van der Waals surface area contributed by atoms with Gasteiger partial charge in [0.2, 0.25) is 5.91 Å². The van der Waals surface area contributed by atoms with Gasteiger partial charge in [0.1, 0.15) is 0 Å². The minimum absolute atomic E-state index is 0.0868. The van der Waals surface area contributed by atoms with Gasteiger partial charge >= 0.3 is 5.97 Å². The highest BCUT2D eigenvalue weighted by Gasteiger charge is 2.46. The summed E-state index contributed by atoms with van der Waals surface area (Å²) >= 11 is 0. The highest BCUT2D eigenvalue weighted by atomic mass is 16.4. The van der Waals surface area contributed by atoms with Crippen molar-refractivity contribution >= 4 is 11.9 Å². The second-order valence-electron chi connectivity index (χ2n) is 5.49. The summed E-state index contributed by atoms with van der Waals surface area (Å²) in [6.07, 6.45) is 4.00. The number of aliphatic carboxylic acids is 1. The number of likely N-dealkylation sites (tertiary alicyclic amines) is 1.